The minimum atomic E-state index is -0.710. The number of likely N-dealkylation sites (tertiary alicyclic amines) is 1. The van der Waals surface area contributed by atoms with E-state index in [1.54, 1.807) is 0 Å². The highest BCUT2D eigenvalue weighted by atomic mass is 35.5. The average molecular weight is 320 g/mol. The van der Waals surface area contributed by atoms with Gasteiger partial charge in [0.15, 0.2) is 0 Å². The molecule has 1 saturated heterocycles. The predicted octanol–water partition coefficient (Wildman–Crippen LogP) is 1.99. The molecule has 1 aromatic rings. The molecule has 0 aromatic heterocycles. The third-order valence-electron chi connectivity index (χ3n) is 3.57. The number of anilines is 1. The van der Waals surface area contributed by atoms with Crippen molar-refractivity contribution in [1.82, 2.24) is 4.90 Å². The third kappa shape index (κ3) is 5.22. The van der Waals surface area contributed by atoms with Crippen molar-refractivity contribution < 1.29 is 13.6 Å². The Morgan fingerprint density at radius 2 is 2.00 bits per heavy atom. The Morgan fingerprint density at radius 1 is 1.38 bits per heavy atom. The molecule has 3 N–H and O–H groups in total. The number of piperidine rings is 1. The van der Waals surface area contributed by atoms with Crippen LogP contribution in [-0.2, 0) is 4.79 Å². The lowest BCUT2D eigenvalue weighted by atomic mass is 9.95. The number of rotatable bonds is 3. The van der Waals surface area contributed by atoms with Crippen LogP contribution < -0.4 is 11.1 Å². The Kier molecular flexibility index (Phi) is 6.51. The van der Waals surface area contributed by atoms with Crippen molar-refractivity contribution in [1.29, 1.82) is 0 Å². The van der Waals surface area contributed by atoms with Crippen LogP contribution in [0.2, 0.25) is 0 Å². The van der Waals surface area contributed by atoms with Gasteiger partial charge in [0.05, 0.1) is 6.54 Å². The molecule has 0 saturated carbocycles. The highest BCUT2D eigenvalue weighted by Crippen LogP contribution is 2.16. The van der Waals surface area contributed by atoms with Crippen molar-refractivity contribution in [3.63, 3.8) is 0 Å². The van der Waals surface area contributed by atoms with Crippen molar-refractivity contribution in [3.05, 3.63) is 29.8 Å². The molecule has 1 aliphatic heterocycles. The Balaban J connectivity index is 0.00000220. The molecule has 0 spiro atoms. The van der Waals surface area contributed by atoms with E-state index in [1.165, 1.54) is 0 Å². The maximum Gasteiger partial charge on any atom is 0.238 e. The number of nitrogens with two attached hydrogens (primary N) is 1. The number of nitrogens with one attached hydrogen (secondary N) is 1. The van der Waals surface area contributed by atoms with Crippen LogP contribution in [0.5, 0.6) is 0 Å². The zero-order valence-corrected chi connectivity index (χ0v) is 12.6. The molecule has 1 aliphatic rings. The molecular weight excluding hydrogens is 300 g/mol. The topological polar surface area (TPSA) is 58.4 Å². The molecule has 0 radical (unpaired) electrons. The van der Waals surface area contributed by atoms with E-state index in [4.69, 9.17) is 5.73 Å². The third-order valence-corrected chi connectivity index (χ3v) is 3.57. The molecule has 1 amide bonds. The monoisotopic (exact) mass is 319 g/mol. The fourth-order valence-corrected chi connectivity index (χ4v) is 2.42. The quantitative estimate of drug-likeness (QED) is 0.896. The second-order valence-electron chi connectivity index (χ2n) is 5.37. The molecule has 1 aromatic carbocycles. The molecule has 0 bridgehead atoms. The van der Waals surface area contributed by atoms with Gasteiger partial charge >= 0.3 is 0 Å². The van der Waals surface area contributed by atoms with E-state index in [9.17, 15) is 13.6 Å². The summed E-state index contributed by atoms with van der Waals surface area (Å²) in [5.74, 6) is -1.36. The molecule has 2 unspecified atom stereocenters. The van der Waals surface area contributed by atoms with Crippen molar-refractivity contribution in [3.8, 4) is 0 Å². The highest BCUT2D eigenvalue weighted by Gasteiger charge is 2.24. The number of amides is 1. The molecular formula is C14H20ClF2N3O. The van der Waals surface area contributed by atoms with E-state index >= 15 is 0 Å². The summed E-state index contributed by atoms with van der Waals surface area (Å²) >= 11 is 0. The number of carbonyl (C=O) groups is 1. The standard InChI is InChI=1S/C14H19F2N3O.ClH/c1-9-7-19(3-2-13(9)17)8-14(20)18-12-5-10(15)4-11(16)6-12;/h4-6,9,13H,2-3,7-8,17H2,1H3,(H,18,20);1H. The van der Waals surface area contributed by atoms with Crippen LogP contribution in [0.15, 0.2) is 18.2 Å². The second kappa shape index (κ2) is 7.68. The van der Waals surface area contributed by atoms with Gasteiger partial charge in [-0.1, -0.05) is 6.92 Å². The van der Waals surface area contributed by atoms with Crippen LogP contribution in [0.4, 0.5) is 14.5 Å². The van der Waals surface area contributed by atoms with Gasteiger partial charge in [-0.05, 0) is 24.5 Å². The summed E-state index contributed by atoms with van der Waals surface area (Å²) in [7, 11) is 0. The lowest BCUT2D eigenvalue weighted by Gasteiger charge is -2.34. The minimum absolute atomic E-state index is 0. The normalized spacial score (nSPS) is 22.5. The Morgan fingerprint density at radius 3 is 2.57 bits per heavy atom. The summed E-state index contributed by atoms with van der Waals surface area (Å²) in [6.45, 7) is 3.77. The zero-order chi connectivity index (χ0) is 14.7. The maximum absolute atomic E-state index is 13.0. The average Bonchev–Trinajstić information content (AvgIpc) is 2.32. The molecule has 2 atom stereocenters. The summed E-state index contributed by atoms with van der Waals surface area (Å²) < 4.78 is 26.0. The van der Waals surface area contributed by atoms with Crippen molar-refractivity contribution in [2.24, 2.45) is 11.7 Å². The second-order valence-corrected chi connectivity index (χ2v) is 5.37. The van der Waals surface area contributed by atoms with E-state index in [0.717, 1.165) is 37.7 Å². The van der Waals surface area contributed by atoms with Gasteiger partial charge in [-0.3, -0.25) is 9.69 Å². The van der Waals surface area contributed by atoms with E-state index in [0.29, 0.717) is 5.92 Å². The van der Waals surface area contributed by atoms with E-state index in [-0.39, 0.29) is 36.6 Å². The number of hydrogen-bond acceptors (Lipinski definition) is 3. The lowest BCUT2D eigenvalue weighted by molar-refractivity contribution is -0.117. The number of nitrogens with zero attached hydrogens (tertiary/aromatic N) is 1. The Labute approximate surface area is 129 Å². The summed E-state index contributed by atoms with van der Waals surface area (Å²) in [6.07, 6.45) is 0.850. The molecule has 2 rings (SSSR count). The first kappa shape index (κ1) is 17.8. The van der Waals surface area contributed by atoms with Crippen molar-refractivity contribution in [2.45, 2.75) is 19.4 Å². The number of hydrogen-bond donors (Lipinski definition) is 2. The van der Waals surface area contributed by atoms with Gasteiger partial charge < -0.3 is 11.1 Å². The SMILES string of the molecule is CC1CN(CC(=O)Nc2cc(F)cc(F)c2)CCC1N.Cl. The summed E-state index contributed by atoms with van der Waals surface area (Å²) in [5.41, 5.74) is 6.05. The summed E-state index contributed by atoms with van der Waals surface area (Å²) in [4.78, 5) is 13.9. The molecule has 1 fully saturated rings. The van der Waals surface area contributed by atoms with E-state index in [1.807, 2.05) is 4.90 Å². The highest BCUT2D eigenvalue weighted by molar-refractivity contribution is 5.92. The number of halogens is 3. The van der Waals surface area contributed by atoms with E-state index < -0.39 is 11.6 Å². The van der Waals surface area contributed by atoms with Gasteiger partial charge in [-0.25, -0.2) is 8.78 Å². The molecule has 118 valence electrons. The van der Waals surface area contributed by atoms with Crippen LogP contribution >= 0.6 is 12.4 Å². The van der Waals surface area contributed by atoms with Gasteiger partial charge in [0.1, 0.15) is 11.6 Å². The van der Waals surface area contributed by atoms with Crippen LogP contribution in [0, 0.1) is 17.6 Å². The van der Waals surface area contributed by atoms with Crippen molar-refractivity contribution in [2.75, 3.05) is 25.0 Å². The maximum atomic E-state index is 13.0. The largest absolute Gasteiger partial charge is 0.327 e. The first-order valence-corrected chi connectivity index (χ1v) is 6.68. The lowest BCUT2D eigenvalue weighted by Crippen LogP contribution is -2.48. The first-order chi connectivity index (χ1) is 9.44. The summed E-state index contributed by atoms with van der Waals surface area (Å²) in [5, 5.41) is 2.51. The molecule has 0 aliphatic carbocycles. The van der Waals surface area contributed by atoms with E-state index in [2.05, 4.69) is 12.2 Å². The number of benzene rings is 1. The predicted molar refractivity (Wildman–Crippen MR) is 80.4 cm³/mol. The van der Waals surface area contributed by atoms with Gasteiger partial charge in [0.2, 0.25) is 5.91 Å². The molecule has 4 nitrogen and oxygen atoms in total. The summed E-state index contributed by atoms with van der Waals surface area (Å²) in [6, 6.07) is 3.13. The van der Waals surface area contributed by atoms with Gasteiger partial charge in [-0.15, -0.1) is 12.4 Å². The Bertz CT molecular complexity index is 481. The van der Waals surface area contributed by atoms with Gasteiger partial charge in [0, 0.05) is 30.9 Å². The van der Waals surface area contributed by atoms with Gasteiger partial charge in [-0.2, -0.15) is 0 Å². The van der Waals surface area contributed by atoms with Crippen molar-refractivity contribution >= 4 is 24.0 Å². The van der Waals surface area contributed by atoms with Crippen LogP contribution in [0.1, 0.15) is 13.3 Å². The van der Waals surface area contributed by atoms with Gasteiger partial charge in [0.25, 0.3) is 0 Å². The molecule has 1 heterocycles. The number of carbonyl (C=O) groups excluding carboxylic acids is 1. The first-order valence-electron chi connectivity index (χ1n) is 6.68. The van der Waals surface area contributed by atoms with Crippen LogP contribution in [0.25, 0.3) is 0 Å². The smallest absolute Gasteiger partial charge is 0.238 e. The fraction of sp³-hybridized carbons (Fsp3) is 0.500. The van der Waals surface area contributed by atoms with Crippen LogP contribution in [-0.4, -0.2) is 36.5 Å². The molecule has 7 heteroatoms. The molecule has 21 heavy (non-hydrogen) atoms. The fourth-order valence-electron chi connectivity index (χ4n) is 2.42. The zero-order valence-electron chi connectivity index (χ0n) is 11.8. The Hall–Kier alpha value is -1.24. The minimum Gasteiger partial charge on any atom is -0.327 e. The van der Waals surface area contributed by atoms with Crippen LogP contribution in [0.3, 0.4) is 0 Å².